The van der Waals surface area contributed by atoms with Gasteiger partial charge < -0.3 is 0 Å². The van der Waals surface area contributed by atoms with Gasteiger partial charge in [0.2, 0.25) is 0 Å². The average Bonchev–Trinajstić information content (AvgIpc) is 2.28. The van der Waals surface area contributed by atoms with Gasteiger partial charge in [-0.15, -0.1) is 11.6 Å². The van der Waals surface area contributed by atoms with Crippen LogP contribution in [0, 0.1) is 5.92 Å². The smallest absolute Gasteiger partial charge is 0.178 e. The van der Waals surface area contributed by atoms with E-state index in [0.29, 0.717) is 17.2 Å². The number of alkyl halides is 1. The largest absolute Gasteiger partial charge is 0.224 e. The van der Waals surface area contributed by atoms with E-state index in [1.807, 2.05) is 19.1 Å². The zero-order valence-corrected chi connectivity index (χ0v) is 13.5. The number of hydrogen-bond donors (Lipinski definition) is 0. The first-order valence-electron chi connectivity index (χ1n) is 6.81. The Hall–Kier alpha value is -0.540. The van der Waals surface area contributed by atoms with Gasteiger partial charge in [0, 0.05) is 5.38 Å². The van der Waals surface area contributed by atoms with Crippen LogP contribution >= 0.6 is 11.6 Å². The molecule has 2 nitrogen and oxygen atoms in total. The lowest BCUT2D eigenvalue weighted by molar-refractivity contribution is 0.561. The minimum Gasteiger partial charge on any atom is -0.224 e. The zero-order valence-electron chi connectivity index (χ0n) is 11.9. The van der Waals surface area contributed by atoms with E-state index in [2.05, 4.69) is 13.8 Å². The highest BCUT2D eigenvalue weighted by molar-refractivity contribution is 7.91. The van der Waals surface area contributed by atoms with E-state index < -0.39 is 9.84 Å². The molecule has 0 aliphatic heterocycles. The molecule has 0 saturated carbocycles. The molecule has 0 bridgehead atoms. The monoisotopic (exact) mass is 302 g/mol. The molecule has 0 N–H and O–H groups in total. The third kappa shape index (κ3) is 5.53. The standard InChI is InChI=1S/C15H23ClO2S/c1-4-9-19(17,18)15-7-5-13(6-8-15)11-14(16)10-12(2)3/h5-8,12,14H,4,9-11H2,1-3H3. The van der Waals surface area contributed by atoms with E-state index in [1.54, 1.807) is 12.1 Å². The molecule has 108 valence electrons. The van der Waals surface area contributed by atoms with Crippen LogP contribution in [0.5, 0.6) is 0 Å². The highest BCUT2D eigenvalue weighted by atomic mass is 35.5. The number of halogens is 1. The van der Waals surface area contributed by atoms with Crippen molar-refractivity contribution in [1.29, 1.82) is 0 Å². The van der Waals surface area contributed by atoms with Crippen molar-refractivity contribution in [2.24, 2.45) is 5.92 Å². The van der Waals surface area contributed by atoms with Gasteiger partial charge in [-0.1, -0.05) is 32.9 Å². The summed E-state index contributed by atoms with van der Waals surface area (Å²) in [4.78, 5) is 0.410. The predicted molar refractivity (Wildman–Crippen MR) is 81.6 cm³/mol. The molecule has 0 spiro atoms. The maximum Gasteiger partial charge on any atom is 0.178 e. The fourth-order valence-electron chi connectivity index (χ4n) is 2.07. The SMILES string of the molecule is CCCS(=O)(=O)c1ccc(CC(Cl)CC(C)C)cc1. The van der Waals surface area contributed by atoms with Crippen molar-refractivity contribution in [1.82, 2.24) is 0 Å². The van der Waals surface area contributed by atoms with Crippen LogP contribution in [0.4, 0.5) is 0 Å². The quantitative estimate of drug-likeness (QED) is 0.712. The molecule has 0 fully saturated rings. The molecule has 0 aliphatic rings. The van der Waals surface area contributed by atoms with Gasteiger partial charge in [0.15, 0.2) is 9.84 Å². The van der Waals surface area contributed by atoms with Crippen LogP contribution in [0.25, 0.3) is 0 Å². The Morgan fingerprint density at radius 3 is 2.21 bits per heavy atom. The summed E-state index contributed by atoms with van der Waals surface area (Å²) in [7, 11) is -3.11. The molecule has 19 heavy (non-hydrogen) atoms. The van der Waals surface area contributed by atoms with Gasteiger partial charge in [0.25, 0.3) is 0 Å². The van der Waals surface area contributed by atoms with Gasteiger partial charge in [-0.25, -0.2) is 8.42 Å². The summed E-state index contributed by atoms with van der Waals surface area (Å²) in [5.41, 5.74) is 1.09. The molecule has 1 aromatic carbocycles. The summed E-state index contributed by atoms with van der Waals surface area (Å²) in [5.74, 6) is 0.782. The molecule has 1 unspecified atom stereocenters. The first kappa shape index (κ1) is 16.5. The van der Waals surface area contributed by atoms with Crippen molar-refractivity contribution in [2.45, 2.75) is 50.3 Å². The Morgan fingerprint density at radius 1 is 1.16 bits per heavy atom. The van der Waals surface area contributed by atoms with E-state index in [0.717, 1.165) is 18.4 Å². The fraction of sp³-hybridized carbons (Fsp3) is 0.600. The van der Waals surface area contributed by atoms with Crippen LogP contribution < -0.4 is 0 Å². The minimum absolute atomic E-state index is 0.109. The van der Waals surface area contributed by atoms with E-state index in [-0.39, 0.29) is 11.1 Å². The zero-order chi connectivity index (χ0) is 14.5. The molecule has 0 amide bonds. The van der Waals surface area contributed by atoms with E-state index >= 15 is 0 Å². The number of rotatable bonds is 7. The van der Waals surface area contributed by atoms with E-state index in [1.165, 1.54) is 0 Å². The third-order valence-corrected chi connectivity index (χ3v) is 5.21. The van der Waals surface area contributed by atoms with Crippen molar-refractivity contribution in [3.8, 4) is 0 Å². The molecule has 1 aromatic rings. The molecule has 4 heteroatoms. The summed E-state index contributed by atoms with van der Waals surface area (Å²) in [6.45, 7) is 6.17. The molecular formula is C15H23ClO2S. The molecule has 1 atom stereocenters. The summed E-state index contributed by atoms with van der Waals surface area (Å²) in [6, 6.07) is 7.13. The summed E-state index contributed by atoms with van der Waals surface area (Å²) < 4.78 is 23.8. The maximum atomic E-state index is 11.9. The molecule has 0 aromatic heterocycles. The second kappa shape index (κ2) is 7.30. The van der Waals surface area contributed by atoms with Crippen LogP contribution in [0.3, 0.4) is 0 Å². The van der Waals surface area contributed by atoms with Crippen molar-refractivity contribution in [2.75, 3.05) is 5.75 Å². The lowest BCUT2D eigenvalue weighted by Gasteiger charge is -2.12. The van der Waals surface area contributed by atoms with Gasteiger partial charge >= 0.3 is 0 Å². The van der Waals surface area contributed by atoms with Crippen LogP contribution in [-0.4, -0.2) is 19.5 Å². The van der Waals surface area contributed by atoms with E-state index in [9.17, 15) is 8.42 Å². The highest BCUT2D eigenvalue weighted by Crippen LogP contribution is 2.18. The van der Waals surface area contributed by atoms with E-state index in [4.69, 9.17) is 11.6 Å². The lowest BCUT2D eigenvalue weighted by Crippen LogP contribution is -2.08. The molecule has 0 heterocycles. The van der Waals surface area contributed by atoms with Crippen molar-refractivity contribution >= 4 is 21.4 Å². The van der Waals surface area contributed by atoms with Crippen LogP contribution in [0.1, 0.15) is 39.2 Å². The normalized spacial score (nSPS) is 13.7. The van der Waals surface area contributed by atoms with Gasteiger partial charge in [-0.05, 0) is 42.9 Å². The van der Waals surface area contributed by atoms with Crippen molar-refractivity contribution < 1.29 is 8.42 Å². The predicted octanol–water partition coefficient (Wildman–Crippen LogP) is 4.07. The van der Waals surface area contributed by atoms with Crippen LogP contribution in [0.2, 0.25) is 0 Å². The summed E-state index contributed by atoms with van der Waals surface area (Å²) >= 11 is 6.27. The Labute approximate surface area is 122 Å². The highest BCUT2D eigenvalue weighted by Gasteiger charge is 2.13. The fourth-order valence-corrected chi connectivity index (χ4v) is 3.93. The van der Waals surface area contributed by atoms with Crippen LogP contribution in [-0.2, 0) is 16.3 Å². The maximum absolute atomic E-state index is 11.9. The summed E-state index contributed by atoms with van der Waals surface area (Å²) in [5, 5.41) is 0.109. The topological polar surface area (TPSA) is 34.1 Å². The molecule has 0 aliphatic carbocycles. The summed E-state index contributed by atoms with van der Waals surface area (Å²) in [6.07, 6.45) is 2.40. The molecule has 0 radical (unpaired) electrons. The molecule has 1 rings (SSSR count). The Balaban J connectivity index is 2.72. The Kier molecular flexibility index (Phi) is 6.34. The van der Waals surface area contributed by atoms with Gasteiger partial charge in [-0.2, -0.15) is 0 Å². The second-order valence-corrected chi connectivity index (χ2v) is 8.12. The van der Waals surface area contributed by atoms with Gasteiger partial charge in [0.1, 0.15) is 0 Å². The lowest BCUT2D eigenvalue weighted by atomic mass is 10.0. The Bertz CT molecular complexity index is 477. The van der Waals surface area contributed by atoms with Crippen LogP contribution in [0.15, 0.2) is 29.2 Å². The number of sulfone groups is 1. The third-order valence-electron chi connectivity index (χ3n) is 2.94. The first-order valence-corrected chi connectivity index (χ1v) is 8.89. The number of hydrogen-bond acceptors (Lipinski definition) is 2. The Morgan fingerprint density at radius 2 is 1.74 bits per heavy atom. The number of benzene rings is 1. The minimum atomic E-state index is -3.11. The van der Waals surface area contributed by atoms with Gasteiger partial charge in [0.05, 0.1) is 10.6 Å². The average molecular weight is 303 g/mol. The van der Waals surface area contributed by atoms with Crippen molar-refractivity contribution in [3.63, 3.8) is 0 Å². The van der Waals surface area contributed by atoms with Gasteiger partial charge in [-0.3, -0.25) is 0 Å². The molecular weight excluding hydrogens is 280 g/mol. The molecule has 0 saturated heterocycles. The van der Waals surface area contributed by atoms with Crippen molar-refractivity contribution in [3.05, 3.63) is 29.8 Å². The first-order chi connectivity index (χ1) is 8.85. The second-order valence-electron chi connectivity index (χ2n) is 5.39.